The predicted molar refractivity (Wildman–Crippen MR) is 74.1 cm³/mol. The maximum atomic E-state index is 11.5. The summed E-state index contributed by atoms with van der Waals surface area (Å²) in [5.41, 5.74) is 0.681. The summed E-state index contributed by atoms with van der Waals surface area (Å²) in [6, 6.07) is 7.48. The van der Waals surface area contributed by atoms with Crippen LogP contribution in [0.15, 0.2) is 24.3 Å². The van der Waals surface area contributed by atoms with E-state index < -0.39 is 0 Å². The summed E-state index contributed by atoms with van der Waals surface area (Å²) in [5.74, 6) is 0.778. The smallest absolute Gasteiger partial charge is 0.163 e. The molecule has 0 bridgehead atoms. The molecule has 0 spiro atoms. The number of carbonyl (C=O) groups excluding carboxylic acids is 1. The Morgan fingerprint density at radius 2 is 1.89 bits per heavy atom. The molecule has 104 valence electrons. The van der Waals surface area contributed by atoms with Crippen molar-refractivity contribution in [1.29, 1.82) is 0 Å². The number of para-hydroxylation sites is 1. The van der Waals surface area contributed by atoms with E-state index in [0.717, 1.165) is 6.54 Å². The number of hydrogen-bond acceptors (Lipinski definition) is 2. The molecule has 0 radical (unpaired) electrons. The second-order valence-corrected chi connectivity index (χ2v) is 5.36. The molecule has 1 saturated heterocycles. The van der Waals surface area contributed by atoms with Crippen molar-refractivity contribution >= 4 is 5.78 Å². The fourth-order valence-corrected chi connectivity index (χ4v) is 2.47. The maximum absolute atomic E-state index is 11.5. The van der Waals surface area contributed by atoms with E-state index in [1.807, 2.05) is 24.3 Å². The molecular formula is C15H24N2O2+2. The first kappa shape index (κ1) is 14.0. The van der Waals surface area contributed by atoms with E-state index in [-0.39, 0.29) is 5.78 Å². The minimum absolute atomic E-state index is 0.0612. The minimum atomic E-state index is 0.0612. The Hall–Kier alpha value is -1.39. The molecule has 4 nitrogen and oxygen atoms in total. The quantitative estimate of drug-likeness (QED) is 0.647. The number of Topliss-reactive ketones (excluding diaryl/α,β-unsaturated/α-hetero) is 1. The molecule has 0 aromatic heterocycles. The molecule has 1 aromatic carbocycles. The van der Waals surface area contributed by atoms with Gasteiger partial charge in [-0.1, -0.05) is 12.1 Å². The number of hydrogen-bond donors (Lipinski definition) is 2. The normalized spacial score (nSPS) is 23.1. The molecule has 0 aliphatic carbocycles. The lowest BCUT2D eigenvalue weighted by Crippen LogP contribution is -3.27. The zero-order valence-electron chi connectivity index (χ0n) is 11.9. The van der Waals surface area contributed by atoms with Crippen LogP contribution in [0.2, 0.25) is 0 Å². The van der Waals surface area contributed by atoms with Gasteiger partial charge in [0, 0.05) is 0 Å². The number of ketones is 1. The molecule has 0 saturated carbocycles. The molecule has 2 rings (SSSR count). The zero-order chi connectivity index (χ0) is 13.7. The highest BCUT2D eigenvalue weighted by molar-refractivity contribution is 5.96. The van der Waals surface area contributed by atoms with Gasteiger partial charge in [0.05, 0.1) is 12.6 Å². The molecule has 0 amide bonds. The summed E-state index contributed by atoms with van der Waals surface area (Å²) in [7, 11) is 2.25. The van der Waals surface area contributed by atoms with Crippen molar-refractivity contribution in [3.05, 3.63) is 29.8 Å². The lowest BCUT2D eigenvalue weighted by atomic mass is 10.1. The van der Waals surface area contributed by atoms with E-state index in [1.165, 1.54) is 26.2 Å². The van der Waals surface area contributed by atoms with Crippen molar-refractivity contribution in [2.75, 3.05) is 46.4 Å². The third-order valence-electron chi connectivity index (χ3n) is 3.79. The number of benzene rings is 1. The summed E-state index contributed by atoms with van der Waals surface area (Å²) in [4.78, 5) is 14.7. The van der Waals surface area contributed by atoms with E-state index in [1.54, 1.807) is 16.7 Å². The maximum Gasteiger partial charge on any atom is 0.163 e. The van der Waals surface area contributed by atoms with Crippen molar-refractivity contribution in [1.82, 2.24) is 0 Å². The van der Waals surface area contributed by atoms with E-state index in [0.29, 0.717) is 17.9 Å². The molecule has 1 fully saturated rings. The van der Waals surface area contributed by atoms with E-state index in [9.17, 15) is 4.79 Å². The highest BCUT2D eigenvalue weighted by Gasteiger charge is 2.19. The van der Waals surface area contributed by atoms with Crippen LogP contribution in [-0.4, -0.2) is 52.2 Å². The molecule has 0 atom stereocenters. The Kier molecular flexibility index (Phi) is 4.93. The molecule has 4 heteroatoms. The van der Waals surface area contributed by atoms with E-state index in [4.69, 9.17) is 4.74 Å². The predicted octanol–water partition coefficient (Wildman–Crippen LogP) is -1.32. The molecule has 1 aliphatic rings. The average molecular weight is 264 g/mol. The highest BCUT2D eigenvalue weighted by Crippen LogP contribution is 2.17. The van der Waals surface area contributed by atoms with Gasteiger partial charge in [0.25, 0.3) is 0 Å². The number of rotatable bonds is 5. The van der Waals surface area contributed by atoms with Gasteiger partial charge >= 0.3 is 0 Å². The van der Waals surface area contributed by atoms with Gasteiger partial charge in [0.2, 0.25) is 0 Å². The number of piperazine rings is 1. The second kappa shape index (κ2) is 6.68. The Morgan fingerprint density at radius 3 is 2.58 bits per heavy atom. The molecule has 19 heavy (non-hydrogen) atoms. The largest absolute Gasteiger partial charge is 0.487 e. The molecule has 1 aliphatic heterocycles. The number of carbonyl (C=O) groups is 1. The minimum Gasteiger partial charge on any atom is -0.487 e. The van der Waals surface area contributed by atoms with E-state index in [2.05, 4.69) is 7.05 Å². The average Bonchev–Trinajstić information content (AvgIpc) is 2.41. The van der Waals surface area contributed by atoms with Crippen LogP contribution in [-0.2, 0) is 0 Å². The van der Waals surface area contributed by atoms with Crippen LogP contribution in [0.1, 0.15) is 17.3 Å². The monoisotopic (exact) mass is 264 g/mol. The van der Waals surface area contributed by atoms with Crippen molar-refractivity contribution in [2.24, 2.45) is 0 Å². The first-order chi connectivity index (χ1) is 9.16. The molecule has 1 heterocycles. The van der Waals surface area contributed by atoms with Crippen LogP contribution in [0, 0.1) is 0 Å². The van der Waals surface area contributed by atoms with Crippen LogP contribution < -0.4 is 14.5 Å². The lowest BCUT2D eigenvalue weighted by Gasteiger charge is -2.27. The summed E-state index contributed by atoms with van der Waals surface area (Å²) in [6.07, 6.45) is 0. The van der Waals surface area contributed by atoms with Gasteiger partial charge in [-0.05, 0) is 19.1 Å². The first-order valence-electron chi connectivity index (χ1n) is 7.04. The molecule has 1 aromatic rings. The van der Waals surface area contributed by atoms with Crippen molar-refractivity contribution < 1.29 is 19.3 Å². The van der Waals surface area contributed by atoms with Crippen LogP contribution in [0.5, 0.6) is 5.75 Å². The molecule has 0 unspecified atom stereocenters. The number of quaternary nitrogens is 2. The highest BCUT2D eigenvalue weighted by atomic mass is 16.5. The van der Waals surface area contributed by atoms with Gasteiger partial charge in [-0.3, -0.25) is 4.79 Å². The summed E-state index contributed by atoms with van der Waals surface area (Å²) >= 11 is 0. The Bertz CT molecular complexity index is 426. The van der Waals surface area contributed by atoms with Crippen LogP contribution in [0.25, 0.3) is 0 Å². The summed E-state index contributed by atoms with van der Waals surface area (Å²) in [5, 5.41) is 0. The number of ether oxygens (including phenoxy) is 1. The van der Waals surface area contributed by atoms with Gasteiger partial charge in [-0.25, -0.2) is 0 Å². The Morgan fingerprint density at radius 1 is 1.21 bits per heavy atom. The van der Waals surface area contributed by atoms with Crippen LogP contribution >= 0.6 is 0 Å². The van der Waals surface area contributed by atoms with Gasteiger partial charge in [-0.2, -0.15) is 0 Å². The van der Waals surface area contributed by atoms with E-state index >= 15 is 0 Å². The molecule has 2 N–H and O–H groups in total. The Labute approximate surface area is 115 Å². The van der Waals surface area contributed by atoms with Crippen molar-refractivity contribution in [3.8, 4) is 5.75 Å². The van der Waals surface area contributed by atoms with Gasteiger partial charge < -0.3 is 14.5 Å². The van der Waals surface area contributed by atoms with Crippen molar-refractivity contribution in [2.45, 2.75) is 6.92 Å². The third-order valence-corrected chi connectivity index (χ3v) is 3.79. The van der Waals surface area contributed by atoms with Gasteiger partial charge in [-0.15, -0.1) is 0 Å². The topological polar surface area (TPSA) is 35.2 Å². The van der Waals surface area contributed by atoms with Crippen LogP contribution in [0.3, 0.4) is 0 Å². The third kappa shape index (κ3) is 4.04. The number of nitrogens with one attached hydrogen (secondary N) is 2. The van der Waals surface area contributed by atoms with Crippen molar-refractivity contribution in [3.63, 3.8) is 0 Å². The number of likely N-dealkylation sites (N-methyl/N-ethyl adjacent to an activating group) is 1. The SMILES string of the molecule is CC(=O)c1ccccc1OCC[NH+]1CC[NH+](C)CC1. The zero-order valence-corrected chi connectivity index (χ0v) is 11.9. The lowest BCUT2D eigenvalue weighted by molar-refractivity contribution is -1.00. The fraction of sp³-hybridized carbons (Fsp3) is 0.533. The van der Waals surface area contributed by atoms with Gasteiger partial charge in [0.15, 0.2) is 5.78 Å². The summed E-state index contributed by atoms with van der Waals surface area (Å²) < 4.78 is 5.78. The second-order valence-electron chi connectivity index (χ2n) is 5.36. The first-order valence-corrected chi connectivity index (χ1v) is 7.04. The Balaban J connectivity index is 1.81. The fourth-order valence-electron chi connectivity index (χ4n) is 2.47. The molecular weight excluding hydrogens is 240 g/mol. The van der Waals surface area contributed by atoms with Crippen LogP contribution in [0.4, 0.5) is 0 Å². The van der Waals surface area contributed by atoms with Gasteiger partial charge in [0.1, 0.15) is 45.1 Å². The summed E-state index contributed by atoms with van der Waals surface area (Å²) in [6.45, 7) is 8.17. The standard InChI is InChI=1S/C15H22N2O2/c1-13(18)14-5-3-4-6-15(14)19-12-11-17-9-7-16(2)8-10-17/h3-6H,7-12H2,1-2H3/p+2.